The van der Waals surface area contributed by atoms with E-state index < -0.39 is 16.1 Å². The van der Waals surface area contributed by atoms with Gasteiger partial charge in [0.2, 0.25) is 10.0 Å². The van der Waals surface area contributed by atoms with Crippen molar-refractivity contribution >= 4 is 27.4 Å². The van der Waals surface area contributed by atoms with Gasteiger partial charge in [-0.2, -0.15) is 5.26 Å². The van der Waals surface area contributed by atoms with Crippen molar-refractivity contribution < 1.29 is 8.42 Å². The molecule has 0 radical (unpaired) electrons. The lowest BCUT2D eigenvalue weighted by molar-refractivity contribution is 0.563. The molecule has 0 aliphatic carbocycles. The molecule has 0 amide bonds. The van der Waals surface area contributed by atoms with Crippen molar-refractivity contribution in [3.05, 3.63) is 17.3 Å². The molecule has 0 aliphatic rings. The molecule has 1 aromatic heterocycles. The van der Waals surface area contributed by atoms with E-state index in [0.717, 1.165) is 0 Å². The first-order valence-corrected chi connectivity index (χ1v) is 7.55. The van der Waals surface area contributed by atoms with Crippen LogP contribution in [0.4, 0.5) is 5.82 Å². The number of nitrogens with zero attached hydrogens (tertiary/aromatic N) is 2. The van der Waals surface area contributed by atoms with Gasteiger partial charge in [-0.15, -0.1) is 0 Å². The van der Waals surface area contributed by atoms with Crippen molar-refractivity contribution in [3.63, 3.8) is 0 Å². The number of hydrogen-bond acceptors (Lipinski definition) is 5. The third-order valence-corrected chi connectivity index (χ3v) is 4.07. The number of hydrogen-bond donors (Lipinski definition) is 2. The van der Waals surface area contributed by atoms with Gasteiger partial charge in [-0.05, 0) is 19.9 Å². The second-order valence-corrected chi connectivity index (χ2v) is 6.04. The first-order valence-electron chi connectivity index (χ1n) is 5.69. The van der Waals surface area contributed by atoms with Crippen LogP contribution in [-0.4, -0.2) is 26.0 Å². The van der Waals surface area contributed by atoms with Crippen LogP contribution in [0.2, 0.25) is 5.02 Å². The molecule has 104 valence electrons. The van der Waals surface area contributed by atoms with E-state index in [4.69, 9.17) is 16.9 Å². The van der Waals surface area contributed by atoms with E-state index in [-0.39, 0.29) is 16.3 Å². The minimum Gasteiger partial charge on any atom is -0.369 e. The molecule has 1 unspecified atom stereocenters. The molecule has 0 aliphatic heterocycles. The Morgan fingerprint density at radius 2 is 2.26 bits per heavy atom. The Labute approximate surface area is 117 Å². The highest BCUT2D eigenvalue weighted by atomic mass is 35.5. The molecule has 1 aromatic rings. The summed E-state index contributed by atoms with van der Waals surface area (Å²) in [6.07, 6.45) is 1.32. The molecule has 0 saturated carbocycles. The molecule has 0 aromatic carbocycles. The van der Waals surface area contributed by atoms with Gasteiger partial charge in [0.25, 0.3) is 0 Å². The second kappa shape index (κ2) is 6.70. The van der Waals surface area contributed by atoms with Crippen molar-refractivity contribution in [2.45, 2.75) is 31.2 Å². The zero-order valence-corrected chi connectivity index (χ0v) is 12.2. The van der Waals surface area contributed by atoms with Gasteiger partial charge in [0.05, 0.1) is 17.5 Å². The lowest BCUT2D eigenvalue weighted by Crippen LogP contribution is -2.32. The Hall–Kier alpha value is -1.36. The maximum absolute atomic E-state index is 12.0. The largest absolute Gasteiger partial charge is 0.369 e. The SMILES string of the molecule is CCNc1ncc(S(=O)(=O)NC(C)CC#N)cc1Cl. The summed E-state index contributed by atoms with van der Waals surface area (Å²) in [5.74, 6) is 0.438. The van der Waals surface area contributed by atoms with Crippen LogP contribution in [-0.2, 0) is 10.0 Å². The fraction of sp³-hybridized carbons (Fsp3) is 0.455. The van der Waals surface area contributed by atoms with Crippen molar-refractivity contribution in [1.29, 1.82) is 5.26 Å². The fourth-order valence-electron chi connectivity index (χ4n) is 1.38. The molecule has 0 fully saturated rings. The lowest BCUT2D eigenvalue weighted by atomic mass is 10.3. The van der Waals surface area contributed by atoms with E-state index in [9.17, 15) is 8.42 Å². The average Bonchev–Trinajstić information content (AvgIpc) is 2.31. The van der Waals surface area contributed by atoms with Crippen molar-refractivity contribution in [2.24, 2.45) is 0 Å². The minimum atomic E-state index is -3.71. The van der Waals surface area contributed by atoms with E-state index in [1.165, 1.54) is 12.3 Å². The number of rotatable bonds is 6. The summed E-state index contributed by atoms with van der Waals surface area (Å²) in [7, 11) is -3.71. The summed E-state index contributed by atoms with van der Waals surface area (Å²) < 4.78 is 26.4. The zero-order valence-electron chi connectivity index (χ0n) is 10.6. The number of pyridine rings is 1. The van der Waals surface area contributed by atoms with Crippen LogP contribution in [0.25, 0.3) is 0 Å². The van der Waals surface area contributed by atoms with Crippen LogP contribution >= 0.6 is 11.6 Å². The summed E-state index contributed by atoms with van der Waals surface area (Å²) in [6, 6.07) is 2.76. The maximum Gasteiger partial charge on any atom is 0.242 e. The van der Waals surface area contributed by atoms with E-state index in [1.807, 2.05) is 13.0 Å². The van der Waals surface area contributed by atoms with E-state index in [1.54, 1.807) is 6.92 Å². The Bertz CT molecular complexity index is 583. The number of sulfonamides is 1. The van der Waals surface area contributed by atoms with Crippen molar-refractivity contribution in [2.75, 3.05) is 11.9 Å². The second-order valence-electron chi connectivity index (χ2n) is 3.92. The Morgan fingerprint density at radius 3 is 2.79 bits per heavy atom. The van der Waals surface area contributed by atoms with Gasteiger partial charge in [0.1, 0.15) is 10.7 Å². The quantitative estimate of drug-likeness (QED) is 0.834. The molecular weight excluding hydrogens is 288 g/mol. The minimum absolute atomic E-state index is 0.0241. The molecule has 0 spiro atoms. The summed E-state index contributed by atoms with van der Waals surface area (Å²) >= 11 is 5.94. The molecule has 0 bridgehead atoms. The maximum atomic E-state index is 12.0. The Morgan fingerprint density at radius 1 is 1.58 bits per heavy atom. The summed E-state index contributed by atoms with van der Waals surface area (Å²) in [4.78, 5) is 3.94. The third kappa shape index (κ3) is 4.35. The number of nitrogens with one attached hydrogen (secondary N) is 2. The number of halogens is 1. The molecule has 8 heteroatoms. The topological polar surface area (TPSA) is 94.9 Å². The van der Waals surface area contributed by atoms with E-state index >= 15 is 0 Å². The predicted octanol–water partition coefficient (Wildman–Crippen LogP) is 1.75. The van der Waals surface area contributed by atoms with Gasteiger partial charge in [-0.3, -0.25) is 0 Å². The van der Waals surface area contributed by atoms with Crippen LogP contribution < -0.4 is 10.0 Å². The lowest BCUT2D eigenvalue weighted by Gasteiger charge is -2.12. The van der Waals surface area contributed by atoms with Gasteiger partial charge in [-0.25, -0.2) is 18.1 Å². The van der Waals surface area contributed by atoms with Crippen LogP contribution in [0, 0.1) is 11.3 Å². The van der Waals surface area contributed by atoms with Gasteiger partial charge >= 0.3 is 0 Å². The van der Waals surface area contributed by atoms with E-state index in [2.05, 4.69) is 15.0 Å². The number of aromatic nitrogens is 1. The van der Waals surface area contributed by atoms with Crippen LogP contribution in [0.3, 0.4) is 0 Å². The Balaban J connectivity index is 2.97. The van der Waals surface area contributed by atoms with Crippen LogP contribution in [0.1, 0.15) is 20.3 Å². The van der Waals surface area contributed by atoms with Crippen LogP contribution in [0.15, 0.2) is 17.2 Å². The van der Waals surface area contributed by atoms with E-state index in [0.29, 0.717) is 12.4 Å². The molecule has 1 rings (SSSR count). The van der Waals surface area contributed by atoms with Crippen LogP contribution in [0.5, 0.6) is 0 Å². The fourth-order valence-corrected chi connectivity index (χ4v) is 2.89. The molecule has 1 atom stereocenters. The van der Waals surface area contributed by atoms with Gasteiger partial charge < -0.3 is 5.32 Å². The normalized spacial score (nSPS) is 12.7. The Kier molecular flexibility index (Phi) is 5.54. The standard InChI is InChI=1S/C11H15ClN4O2S/c1-3-14-11-10(12)6-9(7-15-11)19(17,18)16-8(2)4-5-13/h6-8,16H,3-4H2,1-2H3,(H,14,15). The predicted molar refractivity (Wildman–Crippen MR) is 73.4 cm³/mol. The van der Waals surface area contributed by atoms with Crippen molar-refractivity contribution in [3.8, 4) is 6.07 Å². The van der Waals surface area contributed by atoms with Crippen molar-refractivity contribution in [1.82, 2.24) is 9.71 Å². The highest BCUT2D eigenvalue weighted by molar-refractivity contribution is 7.89. The molecule has 6 nitrogen and oxygen atoms in total. The molecular formula is C11H15ClN4O2S. The van der Waals surface area contributed by atoms with Gasteiger partial charge in [0.15, 0.2) is 0 Å². The molecule has 2 N–H and O–H groups in total. The number of nitriles is 1. The third-order valence-electron chi connectivity index (χ3n) is 2.22. The summed E-state index contributed by atoms with van der Waals surface area (Å²) in [5, 5.41) is 11.7. The molecule has 19 heavy (non-hydrogen) atoms. The summed E-state index contributed by atoms with van der Waals surface area (Å²) in [5.41, 5.74) is 0. The molecule has 1 heterocycles. The average molecular weight is 303 g/mol. The smallest absolute Gasteiger partial charge is 0.242 e. The highest BCUT2D eigenvalue weighted by Crippen LogP contribution is 2.22. The van der Waals surface area contributed by atoms with Gasteiger partial charge in [-0.1, -0.05) is 11.6 Å². The highest BCUT2D eigenvalue weighted by Gasteiger charge is 2.19. The summed E-state index contributed by atoms with van der Waals surface area (Å²) in [6.45, 7) is 4.13. The first kappa shape index (κ1) is 15.7. The van der Waals surface area contributed by atoms with Gasteiger partial charge in [0, 0.05) is 18.8 Å². The first-order chi connectivity index (χ1) is 8.90. The zero-order chi connectivity index (χ0) is 14.5. The molecule has 0 saturated heterocycles. The monoisotopic (exact) mass is 302 g/mol. The number of anilines is 1.